The molecule has 1 N–H and O–H groups in total. The fraction of sp³-hybridized carbons (Fsp3) is 0.471. The Bertz CT molecular complexity index is 572. The molecule has 0 radical (unpaired) electrons. The third-order valence-corrected chi connectivity index (χ3v) is 5.31. The first kappa shape index (κ1) is 15.3. The number of rotatable bonds is 5. The molecule has 0 saturated carbocycles. The zero-order valence-electron chi connectivity index (χ0n) is 12.8. The van der Waals surface area contributed by atoms with Gasteiger partial charge in [0.05, 0.1) is 12.3 Å². The average molecular weight is 318 g/mol. The number of carbonyl (C=O) groups excluding carboxylic acids is 1. The number of amides is 1. The summed E-state index contributed by atoms with van der Waals surface area (Å²) in [6.07, 6.45) is 3.99. The maximum absolute atomic E-state index is 12.1. The van der Waals surface area contributed by atoms with E-state index in [1.807, 2.05) is 0 Å². The van der Waals surface area contributed by atoms with Crippen LogP contribution in [0.1, 0.15) is 41.2 Å². The first-order valence-electron chi connectivity index (χ1n) is 7.83. The maximum atomic E-state index is 12.1. The first-order chi connectivity index (χ1) is 10.7. The van der Waals surface area contributed by atoms with Crippen LogP contribution >= 0.6 is 11.3 Å². The minimum Gasteiger partial charge on any atom is -0.459 e. The lowest BCUT2D eigenvalue weighted by atomic mass is 9.97. The number of hydrogen-bond acceptors (Lipinski definition) is 4. The van der Waals surface area contributed by atoms with Gasteiger partial charge in [-0.15, -0.1) is 11.3 Å². The van der Waals surface area contributed by atoms with E-state index in [9.17, 15) is 4.79 Å². The summed E-state index contributed by atoms with van der Waals surface area (Å²) < 4.78 is 5.15. The molecule has 118 valence electrons. The highest BCUT2D eigenvalue weighted by Crippen LogP contribution is 2.29. The SMILES string of the molecule is CC1CCN([C@@H](CNC(=O)c2ccco2)c2cccs2)CC1. The molecule has 1 saturated heterocycles. The third-order valence-electron chi connectivity index (χ3n) is 4.33. The molecule has 5 heteroatoms. The van der Waals surface area contributed by atoms with Crippen molar-refractivity contribution < 1.29 is 9.21 Å². The molecule has 0 bridgehead atoms. The van der Waals surface area contributed by atoms with Gasteiger partial charge in [0, 0.05) is 11.4 Å². The summed E-state index contributed by atoms with van der Waals surface area (Å²) in [5.41, 5.74) is 0. The number of nitrogens with zero attached hydrogens (tertiary/aromatic N) is 1. The molecule has 3 heterocycles. The van der Waals surface area contributed by atoms with E-state index in [2.05, 4.69) is 34.7 Å². The maximum Gasteiger partial charge on any atom is 0.287 e. The van der Waals surface area contributed by atoms with E-state index in [4.69, 9.17) is 4.42 Å². The molecule has 2 aromatic rings. The predicted molar refractivity (Wildman–Crippen MR) is 88.1 cm³/mol. The van der Waals surface area contributed by atoms with Gasteiger partial charge in [0.2, 0.25) is 0 Å². The summed E-state index contributed by atoms with van der Waals surface area (Å²) in [7, 11) is 0. The van der Waals surface area contributed by atoms with E-state index < -0.39 is 0 Å². The molecule has 1 aliphatic heterocycles. The smallest absolute Gasteiger partial charge is 0.287 e. The molecule has 4 nitrogen and oxygen atoms in total. The first-order valence-corrected chi connectivity index (χ1v) is 8.71. The van der Waals surface area contributed by atoms with Gasteiger partial charge >= 0.3 is 0 Å². The van der Waals surface area contributed by atoms with Gasteiger partial charge in [-0.25, -0.2) is 0 Å². The fourth-order valence-electron chi connectivity index (χ4n) is 2.91. The van der Waals surface area contributed by atoms with Gasteiger partial charge in [-0.05, 0) is 55.4 Å². The lowest BCUT2D eigenvalue weighted by Crippen LogP contribution is -2.41. The molecule has 1 aliphatic rings. The van der Waals surface area contributed by atoms with Crippen molar-refractivity contribution in [3.05, 3.63) is 46.5 Å². The molecule has 22 heavy (non-hydrogen) atoms. The number of piperidine rings is 1. The Morgan fingerprint density at radius 1 is 1.41 bits per heavy atom. The number of likely N-dealkylation sites (tertiary alicyclic amines) is 1. The van der Waals surface area contributed by atoms with Crippen LogP contribution in [0.3, 0.4) is 0 Å². The van der Waals surface area contributed by atoms with Crippen molar-refractivity contribution in [1.82, 2.24) is 10.2 Å². The Morgan fingerprint density at radius 3 is 2.86 bits per heavy atom. The molecule has 3 rings (SSSR count). The standard InChI is InChI=1S/C17H22N2O2S/c1-13-6-8-19(9-7-13)14(16-5-3-11-22-16)12-18-17(20)15-4-2-10-21-15/h2-5,10-11,13-14H,6-9,12H2,1H3,(H,18,20)/t14-/m0/s1. The van der Waals surface area contributed by atoms with Crippen molar-refractivity contribution in [3.8, 4) is 0 Å². The van der Waals surface area contributed by atoms with Crippen molar-refractivity contribution in [2.45, 2.75) is 25.8 Å². The monoisotopic (exact) mass is 318 g/mol. The highest BCUT2D eigenvalue weighted by Gasteiger charge is 2.26. The van der Waals surface area contributed by atoms with E-state index in [0.29, 0.717) is 12.3 Å². The molecule has 1 atom stereocenters. The van der Waals surface area contributed by atoms with Crippen LogP contribution in [0.5, 0.6) is 0 Å². The Balaban J connectivity index is 1.65. The Hall–Kier alpha value is -1.59. The van der Waals surface area contributed by atoms with Gasteiger partial charge in [-0.3, -0.25) is 9.69 Å². The van der Waals surface area contributed by atoms with Crippen molar-refractivity contribution in [2.75, 3.05) is 19.6 Å². The zero-order valence-corrected chi connectivity index (χ0v) is 13.6. The largest absolute Gasteiger partial charge is 0.459 e. The van der Waals surface area contributed by atoms with E-state index in [-0.39, 0.29) is 11.9 Å². The predicted octanol–water partition coefficient (Wildman–Crippen LogP) is 3.54. The summed E-state index contributed by atoms with van der Waals surface area (Å²) in [6, 6.07) is 7.92. The van der Waals surface area contributed by atoms with Crippen molar-refractivity contribution in [3.63, 3.8) is 0 Å². The van der Waals surface area contributed by atoms with Crippen LogP contribution in [0.25, 0.3) is 0 Å². The van der Waals surface area contributed by atoms with Crippen LogP contribution in [0.15, 0.2) is 40.3 Å². The average Bonchev–Trinajstić information content (AvgIpc) is 3.22. The molecule has 0 unspecified atom stereocenters. The van der Waals surface area contributed by atoms with Crippen molar-refractivity contribution >= 4 is 17.2 Å². The molecular weight excluding hydrogens is 296 g/mol. The second-order valence-electron chi connectivity index (χ2n) is 5.94. The molecule has 1 amide bonds. The number of furan rings is 1. The second-order valence-corrected chi connectivity index (χ2v) is 6.92. The van der Waals surface area contributed by atoms with Crippen LogP contribution in [0, 0.1) is 5.92 Å². The topological polar surface area (TPSA) is 45.5 Å². The van der Waals surface area contributed by atoms with Crippen LogP contribution < -0.4 is 5.32 Å². The van der Waals surface area contributed by atoms with E-state index >= 15 is 0 Å². The molecule has 2 aromatic heterocycles. The number of carbonyl (C=O) groups is 1. The summed E-state index contributed by atoms with van der Waals surface area (Å²) in [5, 5.41) is 5.11. The third kappa shape index (κ3) is 3.59. The van der Waals surface area contributed by atoms with Gasteiger partial charge < -0.3 is 9.73 Å². The molecule has 0 spiro atoms. The summed E-state index contributed by atoms with van der Waals surface area (Å²) >= 11 is 1.76. The van der Waals surface area contributed by atoms with Crippen molar-refractivity contribution in [2.24, 2.45) is 5.92 Å². The number of thiophene rings is 1. The van der Waals surface area contributed by atoms with Crippen LogP contribution in [0.2, 0.25) is 0 Å². The molecule has 0 aromatic carbocycles. The molecule has 1 fully saturated rings. The van der Waals surface area contributed by atoms with E-state index in [0.717, 1.165) is 19.0 Å². The summed E-state index contributed by atoms with van der Waals surface area (Å²) in [4.78, 5) is 15.9. The van der Waals surface area contributed by atoms with Gasteiger partial charge in [-0.1, -0.05) is 13.0 Å². The number of hydrogen-bond donors (Lipinski definition) is 1. The Kier molecular flexibility index (Phi) is 4.95. The van der Waals surface area contributed by atoms with Gasteiger partial charge in [0.15, 0.2) is 5.76 Å². The zero-order chi connectivity index (χ0) is 15.4. The van der Waals surface area contributed by atoms with Gasteiger partial charge in [0.25, 0.3) is 5.91 Å². The fourth-order valence-corrected chi connectivity index (χ4v) is 3.78. The number of nitrogens with one attached hydrogen (secondary N) is 1. The van der Waals surface area contributed by atoms with Crippen LogP contribution in [-0.2, 0) is 0 Å². The Morgan fingerprint density at radius 2 is 2.23 bits per heavy atom. The van der Waals surface area contributed by atoms with Crippen LogP contribution in [0.4, 0.5) is 0 Å². The normalized spacial score (nSPS) is 18.2. The van der Waals surface area contributed by atoms with Crippen molar-refractivity contribution in [1.29, 1.82) is 0 Å². The Labute approximate surface area is 135 Å². The summed E-state index contributed by atoms with van der Waals surface area (Å²) in [6.45, 7) is 5.13. The summed E-state index contributed by atoms with van der Waals surface area (Å²) in [5.74, 6) is 1.03. The van der Waals surface area contributed by atoms with Gasteiger partial charge in [-0.2, -0.15) is 0 Å². The minimum atomic E-state index is -0.142. The highest BCUT2D eigenvalue weighted by atomic mass is 32.1. The molecular formula is C17H22N2O2S. The lowest BCUT2D eigenvalue weighted by Gasteiger charge is -2.36. The highest BCUT2D eigenvalue weighted by molar-refractivity contribution is 7.10. The van der Waals surface area contributed by atoms with E-state index in [1.54, 1.807) is 23.5 Å². The molecule has 0 aliphatic carbocycles. The lowest BCUT2D eigenvalue weighted by molar-refractivity contribution is 0.0888. The van der Waals surface area contributed by atoms with Gasteiger partial charge in [0.1, 0.15) is 0 Å². The second kappa shape index (κ2) is 7.11. The van der Waals surface area contributed by atoms with Crippen LogP contribution in [-0.4, -0.2) is 30.4 Å². The van der Waals surface area contributed by atoms with E-state index in [1.165, 1.54) is 24.0 Å². The quantitative estimate of drug-likeness (QED) is 0.917. The minimum absolute atomic E-state index is 0.142.